The molecule has 1 aromatic heterocycles. The molecule has 0 unspecified atom stereocenters. The molecular formula is C25H24F3N3O3. The number of esters is 1. The highest BCUT2D eigenvalue weighted by molar-refractivity contribution is 6.07. The van der Waals surface area contributed by atoms with E-state index in [9.17, 15) is 22.8 Å². The fourth-order valence-corrected chi connectivity index (χ4v) is 4.62. The first kappa shape index (κ1) is 22.5. The molecule has 0 bridgehead atoms. The molecule has 5 rings (SSSR count). The van der Waals surface area contributed by atoms with E-state index in [2.05, 4.69) is 26.0 Å². The summed E-state index contributed by atoms with van der Waals surface area (Å²) in [5.74, 6) is -3.00. The predicted octanol–water partition coefficient (Wildman–Crippen LogP) is 4.84. The lowest BCUT2D eigenvalue weighted by molar-refractivity contribution is -0.189. The van der Waals surface area contributed by atoms with E-state index in [1.165, 1.54) is 36.5 Å². The normalized spacial score (nSPS) is 17.0. The van der Waals surface area contributed by atoms with Gasteiger partial charge < -0.3 is 15.0 Å². The van der Waals surface area contributed by atoms with Crippen LogP contribution in [-0.2, 0) is 17.6 Å². The smallest absolute Gasteiger partial charge is 0.418 e. The van der Waals surface area contributed by atoms with Gasteiger partial charge in [-0.2, -0.15) is 13.2 Å². The van der Waals surface area contributed by atoms with Crippen molar-refractivity contribution in [2.24, 2.45) is 0 Å². The number of aromatic amines is 1. The zero-order valence-electron chi connectivity index (χ0n) is 18.4. The molecule has 0 spiro atoms. The molecule has 1 saturated carbocycles. The zero-order chi connectivity index (χ0) is 23.9. The van der Waals surface area contributed by atoms with Crippen LogP contribution in [0, 0.1) is 0 Å². The second-order valence-corrected chi connectivity index (χ2v) is 8.86. The van der Waals surface area contributed by atoms with Crippen LogP contribution in [0.5, 0.6) is 5.75 Å². The monoisotopic (exact) mass is 471 g/mol. The third-order valence-corrected chi connectivity index (χ3v) is 6.73. The lowest BCUT2D eigenvalue weighted by Gasteiger charge is -2.36. The van der Waals surface area contributed by atoms with Crippen molar-refractivity contribution in [3.05, 3.63) is 59.3 Å². The van der Waals surface area contributed by atoms with Gasteiger partial charge in [-0.3, -0.25) is 9.69 Å². The van der Waals surface area contributed by atoms with Crippen molar-refractivity contribution in [1.82, 2.24) is 9.88 Å². The molecule has 34 heavy (non-hydrogen) atoms. The molecule has 0 saturated heterocycles. The van der Waals surface area contributed by atoms with Gasteiger partial charge in [0.25, 0.3) is 5.91 Å². The van der Waals surface area contributed by atoms with Gasteiger partial charge in [-0.05, 0) is 67.1 Å². The Bertz CT molecular complexity index is 1250. The van der Waals surface area contributed by atoms with Gasteiger partial charge in [0.05, 0.1) is 0 Å². The minimum atomic E-state index is -5.11. The van der Waals surface area contributed by atoms with E-state index >= 15 is 0 Å². The fraction of sp³-hybridized carbons (Fsp3) is 0.360. The molecule has 6 nitrogen and oxygen atoms in total. The molecule has 1 aliphatic heterocycles. The van der Waals surface area contributed by atoms with Crippen LogP contribution in [0.2, 0.25) is 0 Å². The number of nitrogens with zero attached hydrogens (tertiary/aromatic N) is 1. The second kappa shape index (κ2) is 8.79. The van der Waals surface area contributed by atoms with Gasteiger partial charge in [0, 0.05) is 47.5 Å². The molecule has 0 atom stereocenters. The number of carbonyl (C=O) groups is 2. The van der Waals surface area contributed by atoms with Crippen molar-refractivity contribution < 1.29 is 27.5 Å². The molecular weight excluding hydrogens is 447 g/mol. The number of halogens is 3. The van der Waals surface area contributed by atoms with Crippen molar-refractivity contribution >= 4 is 28.5 Å². The van der Waals surface area contributed by atoms with Crippen LogP contribution in [0.15, 0.2) is 42.6 Å². The van der Waals surface area contributed by atoms with Crippen molar-refractivity contribution in [3.63, 3.8) is 0 Å². The van der Waals surface area contributed by atoms with Crippen LogP contribution in [0.25, 0.3) is 10.9 Å². The van der Waals surface area contributed by atoms with E-state index in [0.29, 0.717) is 17.2 Å². The number of alkyl halides is 3. The van der Waals surface area contributed by atoms with Gasteiger partial charge in [0.1, 0.15) is 0 Å². The molecule has 2 aromatic carbocycles. The van der Waals surface area contributed by atoms with Crippen LogP contribution in [0.1, 0.15) is 40.7 Å². The highest BCUT2D eigenvalue weighted by atomic mass is 19.4. The summed E-state index contributed by atoms with van der Waals surface area (Å²) in [5, 5.41) is 3.09. The van der Waals surface area contributed by atoms with Gasteiger partial charge in [-0.25, -0.2) is 4.79 Å². The maximum Gasteiger partial charge on any atom is 0.491 e. The van der Waals surface area contributed by atoms with Crippen molar-refractivity contribution in [2.45, 2.75) is 44.3 Å². The van der Waals surface area contributed by atoms with Crippen LogP contribution in [0.4, 0.5) is 18.9 Å². The molecule has 0 radical (unpaired) electrons. The summed E-state index contributed by atoms with van der Waals surface area (Å²) < 4.78 is 42.2. The Kier molecular flexibility index (Phi) is 5.81. The molecule has 3 aromatic rings. The predicted molar refractivity (Wildman–Crippen MR) is 121 cm³/mol. The summed E-state index contributed by atoms with van der Waals surface area (Å²) in [6, 6.07) is 11.2. The maximum absolute atomic E-state index is 12.9. The van der Waals surface area contributed by atoms with Crippen LogP contribution >= 0.6 is 0 Å². The molecule has 178 valence electrons. The maximum atomic E-state index is 12.9. The Morgan fingerprint density at radius 3 is 2.50 bits per heavy atom. The van der Waals surface area contributed by atoms with E-state index in [1.54, 1.807) is 12.1 Å². The van der Waals surface area contributed by atoms with Crippen molar-refractivity contribution in [1.29, 1.82) is 0 Å². The highest BCUT2D eigenvalue weighted by Crippen LogP contribution is 2.30. The summed E-state index contributed by atoms with van der Waals surface area (Å²) in [6.45, 7) is 2.07. The Hall–Kier alpha value is -3.33. The molecule has 9 heteroatoms. The minimum absolute atomic E-state index is 0.211. The SMILES string of the molecule is O=C(Nc1ccc2c(c1)CCN(C1CCC1)CC2)c1ccc2[nH]cc(OC(=O)C(F)(F)F)c2c1. The number of ether oxygens (including phenoxy) is 1. The number of H-pyrrole nitrogens is 1. The number of nitrogens with one attached hydrogen (secondary N) is 2. The molecule has 1 fully saturated rings. The average Bonchev–Trinajstić information content (AvgIpc) is 3.04. The zero-order valence-corrected chi connectivity index (χ0v) is 18.4. The number of fused-ring (bicyclic) bond motifs is 2. The third-order valence-electron chi connectivity index (χ3n) is 6.73. The summed E-state index contributed by atoms with van der Waals surface area (Å²) in [6.07, 6.45) is 1.84. The van der Waals surface area contributed by atoms with E-state index in [4.69, 9.17) is 0 Å². The Morgan fingerprint density at radius 2 is 1.79 bits per heavy atom. The van der Waals surface area contributed by atoms with Gasteiger partial charge >= 0.3 is 12.1 Å². The number of carbonyl (C=O) groups excluding carboxylic acids is 2. The van der Waals surface area contributed by atoms with E-state index in [0.717, 1.165) is 32.1 Å². The second-order valence-electron chi connectivity index (χ2n) is 8.86. The van der Waals surface area contributed by atoms with Crippen molar-refractivity contribution in [2.75, 3.05) is 18.4 Å². The topological polar surface area (TPSA) is 74.4 Å². The van der Waals surface area contributed by atoms with Crippen LogP contribution in [-0.4, -0.2) is 47.1 Å². The quantitative estimate of drug-likeness (QED) is 0.534. The number of rotatable bonds is 4. The first-order valence-electron chi connectivity index (χ1n) is 11.4. The summed E-state index contributed by atoms with van der Waals surface area (Å²) >= 11 is 0. The standard InChI is InChI=1S/C25H24F3N3O3/c26-25(27,28)24(33)34-22-14-29-21-7-5-17(13-20(21)22)23(32)30-18-6-4-15-8-10-31(19-2-1-3-19)11-9-16(15)12-18/h4-7,12-14,19,29H,1-3,8-11H2,(H,30,32). The van der Waals surface area contributed by atoms with Gasteiger partial charge in [-0.15, -0.1) is 0 Å². The molecule has 1 aliphatic carbocycles. The molecule has 2 aliphatic rings. The van der Waals surface area contributed by atoms with Crippen LogP contribution < -0.4 is 10.1 Å². The summed E-state index contributed by atoms with van der Waals surface area (Å²) in [7, 11) is 0. The number of anilines is 1. The number of amides is 1. The largest absolute Gasteiger partial charge is 0.491 e. The lowest BCUT2D eigenvalue weighted by Crippen LogP contribution is -2.41. The van der Waals surface area contributed by atoms with Crippen LogP contribution in [0.3, 0.4) is 0 Å². The van der Waals surface area contributed by atoms with E-state index < -0.39 is 18.1 Å². The average molecular weight is 471 g/mol. The Balaban J connectivity index is 1.31. The van der Waals surface area contributed by atoms with Crippen molar-refractivity contribution in [3.8, 4) is 5.75 Å². The summed E-state index contributed by atoms with van der Waals surface area (Å²) in [4.78, 5) is 29.4. The van der Waals surface area contributed by atoms with E-state index in [1.807, 2.05) is 12.1 Å². The Labute approximate surface area is 194 Å². The number of aromatic nitrogens is 1. The molecule has 1 amide bonds. The lowest BCUT2D eigenvalue weighted by atomic mass is 9.91. The van der Waals surface area contributed by atoms with Gasteiger partial charge in [0.2, 0.25) is 0 Å². The Morgan fingerprint density at radius 1 is 1.03 bits per heavy atom. The summed E-state index contributed by atoms with van der Waals surface area (Å²) in [5.41, 5.74) is 3.87. The first-order valence-corrected chi connectivity index (χ1v) is 11.4. The highest BCUT2D eigenvalue weighted by Gasteiger charge is 2.41. The number of hydrogen-bond donors (Lipinski definition) is 2. The number of benzene rings is 2. The minimum Gasteiger partial charge on any atom is -0.418 e. The fourth-order valence-electron chi connectivity index (χ4n) is 4.62. The van der Waals surface area contributed by atoms with Gasteiger partial charge in [-0.1, -0.05) is 12.5 Å². The molecule has 2 heterocycles. The third kappa shape index (κ3) is 4.52. The first-order chi connectivity index (χ1) is 16.3. The van der Waals surface area contributed by atoms with E-state index in [-0.39, 0.29) is 16.7 Å². The van der Waals surface area contributed by atoms with Gasteiger partial charge in [0.15, 0.2) is 5.75 Å². The number of hydrogen-bond acceptors (Lipinski definition) is 4. The molecule has 2 N–H and O–H groups in total.